The number of aliphatic hydroxyl groups excluding tert-OH is 1. The second-order valence-electron chi connectivity index (χ2n) is 9.31. The number of nitrogens with one attached hydrogen (secondary N) is 1. The summed E-state index contributed by atoms with van der Waals surface area (Å²) in [4.78, 5) is 14.9. The number of aliphatic hydroxyl groups is 1. The number of rotatable bonds is 7. The van der Waals surface area contributed by atoms with Crippen LogP contribution in [-0.2, 0) is 11.3 Å². The highest BCUT2D eigenvalue weighted by atomic mass is 16.6. The maximum atomic E-state index is 12.6. The molecule has 2 aliphatic rings. The summed E-state index contributed by atoms with van der Waals surface area (Å²) < 4.78 is 16.7. The summed E-state index contributed by atoms with van der Waals surface area (Å²) in [5, 5.41) is 14.1. The molecule has 0 aliphatic carbocycles. The molecule has 2 N–H and O–H groups in total. The zero-order chi connectivity index (χ0) is 22.6. The largest absolute Gasteiger partial charge is 0.486 e. The minimum absolute atomic E-state index is 0.177. The molecule has 2 aliphatic heterocycles. The van der Waals surface area contributed by atoms with Gasteiger partial charge in [-0.15, -0.1) is 0 Å². The number of nitrogens with zero attached hydrogens (tertiary/aromatic N) is 1. The first-order valence-corrected chi connectivity index (χ1v) is 11.2. The molecular formula is C25H32N2O5. The van der Waals surface area contributed by atoms with E-state index in [4.69, 9.17) is 14.2 Å². The number of benzene rings is 2. The number of fused-ring (bicyclic) bond motifs is 1. The number of hydrogen-bond donors (Lipinski definition) is 2. The fourth-order valence-electron chi connectivity index (χ4n) is 4.28. The van der Waals surface area contributed by atoms with E-state index in [1.807, 2.05) is 36.4 Å². The maximum absolute atomic E-state index is 12.6. The number of carbonyl (C=O) groups is 1. The Kier molecular flexibility index (Phi) is 6.86. The number of hydrogen-bond acceptors (Lipinski definition) is 6. The van der Waals surface area contributed by atoms with Gasteiger partial charge in [-0.05, 0) is 41.6 Å². The molecule has 0 radical (unpaired) electrons. The lowest BCUT2D eigenvalue weighted by atomic mass is 9.93. The van der Waals surface area contributed by atoms with Crippen LogP contribution in [-0.4, -0.2) is 55.0 Å². The van der Waals surface area contributed by atoms with Crippen molar-refractivity contribution >= 4 is 6.09 Å². The Balaban J connectivity index is 1.45. The molecular weight excluding hydrogens is 408 g/mol. The Bertz CT molecular complexity index is 918. The van der Waals surface area contributed by atoms with Crippen molar-refractivity contribution in [2.45, 2.75) is 39.0 Å². The first-order chi connectivity index (χ1) is 15.4. The van der Waals surface area contributed by atoms with E-state index < -0.39 is 18.2 Å². The highest BCUT2D eigenvalue weighted by Gasteiger charge is 2.33. The minimum Gasteiger partial charge on any atom is -0.486 e. The molecule has 1 fully saturated rings. The molecule has 2 heterocycles. The van der Waals surface area contributed by atoms with Crippen molar-refractivity contribution in [3.63, 3.8) is 0 Å². The number of carbonyl (C=O) groups excluding carboxylic acids is 1. The number of alkyl carbamates (subject to hydrolysis) is 1. The van der Waals surface area contributed by atoms with Crippen molar-refractivity contribution in [2.75, 3.05) is 32.8 Å². The SMILES string of the molecule is CC1(C)CCN(C[C@@H](NC(=O)OCc2ccccc2)C(O)c2ccc3c(c2)OCCO3)C1. The number of likely N-dealkylation sites (tertiary alicyclic amines) is 1. The average molecular weight is 441 g/mol. The van der Waals surface area contributed by atoms with Crippen molar-refractivity contribution in [1.29, 1.82) is 0 Å². The molecule has 0 aromatic heterocycles. The van der Waals surface area contributed by atoms with E-state index in [-0.39, 0.29) is 12.0 Å². The van der Waals surface area contributed by atoms with E-state index in [9.17, 15) is 9.90 Å². The van der Waals surface area contributed by atoms with E-state index >= 15 is 0 Å². The normalized spacial score (nSPS) is 19.2. The highest BCUT2D eigenvalue weighted by Crippen LogP contribution is 2.34. The van der Waals surface area contributed by atoms with Gasteiger partial charge in [-0.25, -0.2) is 4.79 Å². The molecule has 4 rings (SSSR count). The smallest absolute Gasteiger partial charge is 0.407 e. The highest BCUT2D eigenvalue weighted by molar-refractivity contribution is 5.67. The Morgan fingerprint density at radius 1 is 1.16 bits per heavy atom. The van der Waals surface area contributed by atoms with E-state index in [0.29, 0.717) is 36.8 Å². The van der Waals surface area contributed by atoms with Crippen molar-refractivity contribution in [2.24, 2.45) is 5.41 Å². The number of ether oxygens (including phenoxy) is 3. The molecule has 2 aromatic carbocycles. The minimum atomic E-state index is -0.918. The van der Waals surface area contributed by atoms with Gasteiger partial charge >= 0.3 is 6.09 Å². The molecule has 7 heteroatoms. The first kappa shape index (κ1) is 22.4. The molecule has 0 spiro atoms. The van der Waals surface area contributed by atoms with E-state index in [1.165, 1.54) is 0 Å². The average Bonchev–Trinajstić information content (AvgIpc) is 3.15. The molecule has 0 saturated carbocycles. The molecule has 1 saturated heterocycles. The van der Waals surface area contributed by atoms with Crippen LogP contribution in [0.4, 0.5) is 4.79 Å². The maximum Gasteiger partial charge on any atom is 0.407 e. The summed E-state index contributed by atoms with van der Waals surface area (Å²) >= 11 is 0. The predicted octanol–water partition coefficient (Wildman–Crippen LogP) is 3.52. The molecule has 172 valence electrons. The van der Waals surface area contributed by atoms with Crippen LogP contribution in [0.25, 0.3) is 0 Å². The van der Waals surface area contributed by atoms with Crippen molar-refractivity contribution < 1.29 is 24.1 Å². The standard InChI is InChI=1S/C25H32N2O5/c1-25(2)10-11-27(17-25)15-20(26-24(29)32-16-18-6-4-3-5-7-18)23(28)19-8-9-21-22(14-19)31-13-12-30-21/h3-9,14,20,23,28H,10-13,15-17H2,1-2H3,(H,26,29)/t20-,23?/m1/s1. The summed E-state index contributed by atoms with van der Waals surface area (Å²) in [5.74, 6) is 1.28. The van der Waals surface area contributed by atoms with Gasteiger partial charge in [-0.3, -0.25) is 0 Å². The summed E-state index contributed by atoms with van der Waals surface area (Å²) in [7, 11) is 0. The van der Waals surface area contributed by atoms with E-state index in [2.05, 4.69) is 24.1 Å². The van der Waals surface area contributed by atoms with Gasteiger partial charge in [-0.2, -0.15) is 0 Å². The van der Waals surface area contributed by atoms with Gasteiger partial charge in [0.1, 0.15) is 25.9 Å². The number of amides is 1. The van der Waals surface area contributed by atoms with E-state index in [1.54, 1.807) is 12.1 Å². The van der Waals surface area contributed by atoms with Crippen LogP contribution < -0.4 is 14.8 Å². The summed E-state index contributed by atoms with van der Waals surface area (Å²) in [6.45, 7) is 8.01. The Hall–Kier alpha value is -2.77. The van der Waals surface area contributed by atoms with Gasteiger partial charge in [0.2, 0.25) is 0 Å². The molecule has 0 bridgehead atoms. The molecule has 1 amide bonds. The zero-order valence-corrected chi connectivity index (χ0v) is 18.8. The third-order valence-electron chi connectivity index (χ3n) is 6.02. The van der Waals surface area contributed by atoms with Gasteiger partial charge < -0.3 is 29.5 Å². The van der Waals surface area contributed by atoms with Crippen LogP contribution in [0.5, 0.6) is 11.5 Å². The Morgan fingerprint density at radius 2 is 1.91 bits per heavy atom. The quantitative estimate of drug-likeness (QED) is 0.686. The van der Waals surface area contributed by atoms with Crippen molar-refractivity contribution in [3.8, 4) is 11.5 Å². The molecule has 2 atom stereocenters. The predicted molar refractivity (Wildman–Crippen MR) is 121 cm³/mol. The monoisotopic (exact) mass is 440 g/mol. The lowest BCUT2D eigenvalue weighted by Gasteiger charge is -2.30. The van der Waals surface area contributed by atoms with Gasteiger partial charge in [0.25, 0.3) is 0 Å². The van der Waals surface area contributed by atoms with E-state index in [0.717, 1.165) is 25.1 Å². The fourth-order valence-corrected chi connectivity index (χ4v) is 4.28. The lowest BCUT2D eigenvalue weighted by Crippen LogP contribution is -2.47. The molecule has 2 aromatic rings. The third-order valence-corrected chi connectivity index (χ3v) is 6.02. The van der Waals surface area contributed by atoms with Crippen LogP contribution >= 0.6 is 0 Å². The van der Waals surface area contributed by atoms with Gasteiger partial charge in [0.15, 0.2) is 11.5 Å². The van der Waals surface area contributed by atoms with Gasteiger partial charge in [0.05, 0.1) is 6.04 Å². The second-order valence-corrected chi connectivity index (χ2v) is 9.31. The van der Waals surface area contributed by atoms with Crippen molar-refractivity contribution in [3.05, 3.63) is 59.7 Å². The lowest BCUT2D eigenvalue weighted by molar-refractivity contribution is 0.0862. The second kappa shape index (κ2) is 9.79. The molecule has 32 heavy (non-hydrogen) atoms. The third kappa shape index (κ3) is 5.72. The summed E-state index contributed by atoms with van der Waals surface area (Å²) in [6.07, 6.45) is -0.383. The van der Waals surface area contributed by atoms with Crippen LogP contribution in [0.3, 0.4) is 0 Å². The fraction of sp³-hybridized carbons (Fsp3) is 0.480. The summed E-state index contributed by atoms with van der Waals surface area (Å²) in [5.41, 5.74) is 1.80. The van der Waals surface area contributed by atoms with Gasteiger partial charge in [-0.1, -0.05) is 50.2 Å². The molecule has 1 unspecified atom stereocenters. The molecule has 7 nitrogen and oxygen atoms in total. The topological polar surface area (TPSA) is 80.3 Å². The Morgan fingerprint density at radius 3 is 2.62 bits per heavy atom. The Labute approximate surface area is 189 Å². The zero-order valence-electron chi connectivity index (χ0n) is 18.8. The van der Waals surface area contributed by atoms with Crippen LogP contribution in [0.15, 0.2) is 48.5 Å². The van der Waals surface area contributed by atoms with Crippen LogP contribution in [0.1, 0.15) is 37.5 Å². The summed E-state index contributed by atoms with van der Waals surface area (Å²) in [6, 6.07) is 14.4. The van der Waals surface area contributed by atoms with Crippen LogP contribution in [0, 0.1) is 5.41 Å². The first-order valence-electron chi connectivity index (χ1n) is 11.2. The van der Waals surface area contributed by atoms with Crippen LogP contribution in [0.2, 0.25) is 0 Å². The van der Waals surface area contributed by atoms with Gasteiger partial charge in [0, 0.05) is 13.1 Å². The van der Waals surface area contributed by atoms with Crippen molar-refractivity contribution in [1.82, 2.24) is 10.2 Å².